The van der Waals surface area contributed by atoms with Crippen molar-refractivity contribution in [2.75, 3.05) is 26.8 Å². The zero-order valence-corrected chi connectivity index (χ0v) is 18.2. The summed E-state index contributed by atoms with van der Waals surface area (Å²) in [5.74, 6) is 2.39. The van der Waals surface area contributed by atoms with Gasteiger partial charge in [0.05, 0.1) is 7.11 Å². The molecule has 6 nitrogen and oxygen atoms in total. The summed E-state index contributed by atoms with van der Waals surface area (Å²) in [5, 5.41) is 20.9. The number of hydrogen-bond acceptors (Lipinski definition) is 5. The number of ether oxygens (including phenoxy) is 2. The van der Waals surface area contributed by atoms with E-state index in [0.29, 0.717) is 19.2 Å². The lowest BCUT2D eigenvalue weighted by atomic mass is 10.00. The first-order valence-corrected chi connectivity index (χ1v) is 11.3. The van der Waals surface area contributed by atoms with Gasteiger partial charge in [-0.25, -0.2) is 0 Å². The van der Waals surface area contributed by atoms with E-state index in [9.17, 15) is 10.2 Å². The van der Waals surface area contributed by atoms with Crippen molar-refractivity contribution in [1.82, 2.24) is 9.47 Å². The van der Waals surface area contributed by atoms with Crippen LogP contribution in [0.25, 0.3) is 0 Å². The standard InChI is InChI=1S/C24H34N2O4/c1-3-12-25(17-15-20-21(29-2)10-7-11-22(20)30-16-17)13-4-5-14-26-23(27)18-8-6-9-19(18)24(26)28/h7,10-11,17,27-28H,3-6,8-9,12-16H2,1-2H3. The van der Waals surface area contributed by atoms with Crippen LogP contribution < -0.4 is 9.47 Å². The Morgan fingerprint density at radius 1 is 1.10 bits per heavy atom. The van der Waals surface area contributed by atoms with Gasteiger partial charge in [-0.05, 0) is 70.2 Å². The predicted octanol–water partition coefficient (Wildman–Crippen LogP) is 3.89. The van der Waals surface area contributed by atoms with E-state index in [1.165, 1.54) is 0 Å². The van der Waals surface area contributed by atoms with E-state index in [-0.39, 0.29) is 11.8 Å². The normalized spacial score (nSPS) is 17.6. The maximum atomic E-state index is 10.4. The van der Waals surface area contributed by atoms with Gasteiger partial charge in [-0.2, -0.15) is 0 Å². The number of hydrogen-bond donors (Lipinski definition) is 2. The number of rotatable bonds is 9. The highest BCUT2D eigenvalue weighted by Gasteiger charge is 2.28. The minimum Gasteiger partial charge on any atom is -0.496 e. The first-order valence-electron chi connectivity index (χ1n) is 11.3. The molecule has 0 saturated carbocycles. The maximum absolute atomic E-state index is 10.4. The second kappa shape index (κ2) is 9.21. The second-order valence-corrected chi connectivity index (χ2v) is 8.46. The summed E-state index contributed by atoms with van der Waals surface area (Å²) in [6, 6.07) is 6.34. The molecular weight excluding hydrogens is 380 g/mol. The molecule has 0 spiro atoms. The molecule has 0 fully saturated rings. The minimum atomic E-state index is 0.273. The highest BCUT2D eigenvalue weighted by atomic mass is 16.5. The molecule has 6 heteroatoms. The van der Waals surface area contributed by atoms with Gasteiger partial charge in [-0.3, -0.25) is 9.47 Å². The van der Waals surface area contributed by atoms with Crippen molar-refractivity contribution in [3.8, 4) is 23.3 Å². The lowest BCUT2D eigenvalue weighted by Crippen LogP contribution is -2.44. The summed E-state index contributed by atoms with van der Waals surface area (Å²) in [4.78, 5) is 2.52. The highest BCUT2D eigenvalue weighted by molar-refractivity contribution is 5.48. The van der Waals surface area contributed by atoms with Crippen LogP contribution in [-0.2, 0) is 25.8 Å². The Labute approximate surface area is 179 Å². The number of aromatic nitrogens is 1. The van der Waals surface area contributed by atoms with Crippen LogP contribution in [0.4, 0.5) is 0 Å². The number of aromatic hydroxyl groups is 2. The Bertz CT molecular complexity index is 835. The monoisotopic (exact) mass is 414 g/mol. The second-order valence-electron chi connectivity index (χ2n) is 8.46. The number of nitrogens with zero attached hydrogens (tertiary/aromatic N) is 2. The average Bonchev–Trinajstić information content (AvgIpc) is 3.34. The van der Waals surface area contributed by atoms with Crippen LogP contribution in [0.2, 0.25) is 0 Å². The van der Waals surface area contributed by atoms with Gasteiger partial charge in [0.1, 0.15) is 18.1 Å². The van der Waals surface area contributed by atoms with Crippen LogP contribution in [0, 0.1) is 0 Å². The lowest BCUT2D eigenvalue weighted by molar-refractivity contribution is 0.115. The molecule has 4 rings (SSSR count). The Hall–Kier alpha value is -2.34. The van der Waals surface area contributed by atoms with Crippen LogP contribution in [0.15, 0.2) is 18.2 Å². The summed E-state index contributed by atoms with van der Waals surface area (Å²) in [6.07, 6.45) is 6.74. The topological polar surface area (TPSA) is 67.1 Å². The van der Waals surface area contributed by atoms with Gasteiger partial charge in [-0.1, -0.05) is 13.0 Å². The van der Waals surface area contributed by atoms with Gasteiger partial charge in [-0.15, -0.1) is 0 Å². The molecule has 1 aliphatic carbocycles. The molecule has 2 aromatic rings. The highest BCUT2D eigenvalue weighted by Crippen LogP contribution is 2.40. The van der Waals surface area contributed by atoms with E-state index in [2.05, 4.69) is 11.8 Å². The maximum Gasteiger partial charge on any atom is 0.197 e. The zero-order valence-electron chi connectivity index (χ0n) is 18.2. The first-order chi connectivity index (χ1) is 14.6. The van der Waals surface area contributed by atoms with Crippen molar-refractivity contribution in [3.05, 3.63) is 34.9 Å². The van der Waals surface area contributed by atoms with E-state index < -0.39 is 0 Å². The smallest absolute Gasteiger partial charge is 0.197 e. The van der Waals surface area contributed by atoms with Crippen LogP contribution in [0.5, 0.6) is 23.3 Å². The molecule has 1 atom stereocenters. The predicted molar refractivity (Wildman–Crippen MR) is 117 cm³/mol. The van der Waals surface area contributed by atoms with Gasteiger partial charge < -0.3 is 19.7 Å². The first kappa shape index (κ1) is 20.9. The number of fused-ring (bicyclic) bond motifs is 2. The van der Waals surface area contributed by atoms with Gasteiger partial charge in [0.25, 0.3) is 0 Å². The number of benzene rings is 1. The molecular formula is C24H34N2O4. The van der Waals surface area contributed by atoms with Gasteiger partial charge in [0, 0.05) is 29.3 Å². The fourth-order valence-electron chi connectivity index (χ4n) is 5.01. The van der Waals surface area contributed by atoms with Gasteiger partial charge >= 0.3 is 0 Å². The molecule has 2 N–H and O–H groups in total. The van der Waals surface area contributed by atoms with Crippen molar-refractivity contribution >= 4 is 0 Å². The fourth-order valence-corrected chi connectivity index (χ4v) is 5.01. The molecule has 0 bridgehead atoms. The molecule has 2 heterocycles. The van der Waals surface area contributed by atoms with Crippen molar-refractivity contribution in [3.63, 3.8) is 0 Å². The Morgan fingerprint density at radius 3 is 2.57 bits per heavy atom. The van der Waals surface area contributed by atoms with E-state index in [4.69, 9.17) is 9.47 Å². The van der Waals surface area contributed by atoms with Crippen molar-refractivity contribution in [2.24, 2.45) is 0 Å². The molecule has 2 aliphatic rings. The summed E-state index contributed by atoms with van der Waals surface area (Å²) in [5.41, 5.74) is 3.06. The zero-order chi connectivity index (χ0) is 21.1. The third kappa shape index (κ3) is 3.97. The van der Waals surface area contributed by atoms with Crippen molar-refractivity contribution < 1.29 is 19.7 Å². The van der Waals surface area contributed by atoms with Crippen LogP contribution in [0.3, 0.4) is 0 Å². The molecule has 0 saturated heterocycles. The van der Waals surface area contributed by atoms with Crippen LogP contribution >= 0.6 is 0 Å². The Morgan fingerprint density at radius 2 is 1.87 bits per heavy atom. The lowest BCUT2D eigenvalue weighted by Gasteiger charge is -2.35. The quantitative estimate of drug-likeness (QED) is 0.610. The van der Waals surface area contributed by atoms with Crippen molar-refractivity contribution in [1.29, 1.82) is 0 Å². The third-order valence-corrected chi connectivity index (χ3v) is 6.55. The largest absolute Gasteiger partial charge is 0.496 e. The van der Waals surface area contributed by atoms with Crippen molar-refractivity contribution in [2.45, 2.75) is 64.5 Å². The molecule has 1 aromatic carbocycles. The van der Waals surface area contributed by atoms with Crippen LogP contribution in [-0.4, -0.2) is 52.5 Å². The average molecular weight is 415 g/mol. The summed E-state index contributed by atoms with van der Waals surface area (Å²) < 4.78 is 13.3. The summed E-state index contributed by atoms with van der Waals surface area (Å²) >= 11 is 0. The van der Waals surface area contributed by atoms with E-state index in [1.807, 2.05) is 18.2 Å². The molecule has 0 radical (unpaired) electrons. The Balaban J connectivity index is 1.35. The SMILES string of the molecule is CCCN(CCCCn1c(O)c2c(c1O)CCC2)C1COc2cccc(OC)c2C1. The summed E-state index contributed by atoms with van der Waals surface area (Å²) in [7, 11) is 1.71. The van der Waals surface area contributed by atoms with E-state index in [0.717, 1.165) is 86.2 Å². The molecule has 0 amide bonds. The Kier molecular flexibility index (Phi) is 6.42. The summed E-state index contributed by atoms with van der Waals surface area (Å²) in [6.45, 7) is 5.58. The molecule has 1 aliphatic heterocycles. The minimum absolute atomic E-state index is 0.273. The molecule has 1 aromatic heterocycles. The fraction of sp³-hybridized carbons (Fsp3) is 0.583. The number of unbranched alkanes of at least 4 members (excludes halogenated alkanes) is 1. The molecule has 1 unspecified atom stereocenters. The van der Waals surface area contributed by atoms with Crippen LogP contribution in [0.1, 0.15) is 49.3 Å². The number of methoxy groups -OCH3 is 1. The van der Waals surface area contributed by atoms with E-state index >= 15 is 0 Å². The van der Waals surface area contributed by atoms with Gasteiger partial charge in [0.15, 0.2) is 11.8 Å². The van der Waals surface area contributed by atoms with Gasteiger partial charge in [0.2, 0.25) is 0 Å². The molecule has 164 valence electrons. The third-order valence-electron chi connectivity index (χ3n) is 6.55. The van der Waals surface area contributed by atoms with E-state index in [1.54, 1.807) is 11.7 Å². The molecule has 30 heavy (non-hydrogen) atoms.